The van der Waals surface area contributed by atoms with Crippen LogP contribution in [-0.2, 0) is 6.54 Å². The van der Waals surface area contributed by atoms with Crippen molar-refractivity contribution in [1.82, 2.24) is 14.7 Å². The summed E-state index contributed by atoms with van der Waals surface area (Å²) in [6.07, 6.45) is 1.23. The van der Waals surface area contributed by atoms with Gasteiger partial charge >= 0.3 is 0 Å². The minimum absolute atomic E-state index is 0.259. The fraction of sp³-hybridized carbons (Fsp3) is 0.650. The number of aliphatic hydroxyl groups excluding tert-OH is 1. The van der Waals surface area contributed by atoms with Gasteiger partial charge in [-0.2, -0.15) is 0 Å². The van der Waals surface area contributed by atoms with Crippen LogP contribution < -0.4 is 5.73 Å². The first-order chi connectivity index (χ1) is 12.5. The maximum absolute atomic E-state index is 11.2. The molecule has 0 saturated carbocycles. The minimum atomic E-state index is -0.388. The van der Waals surface area contributed by atoms with E-state index in [0.29, 0.717) is 17.4 Å². The molecule has 0 aliphatic carbocycles. The van der Waals surface area contributed by atoms with Crippen LogP contribution >= 0.6 is 0 Å². The molecular formula is C20H32N4O2. The smallest absolute Gasteiger partial charge is 0.248 e. The third-order valence-electron chi connectivity index (χ3n) is 5.84. The summed E-state index contributed by atoms with van der Waals surface area (Å²) < 4.78 is 0. The standard InChI is InChI=1S/C20H32N4O2/c1-22-7-2-8-23(10-9-22)12-18-13-24(14-19(18)15-25)11-16-3-5-17(6-4-16)20(21)26/h3-6,18-19,25H,2,7-15H2,1H3,(H2,21,26)/t18-,19-/m1/s1. The molecule has 6 heteroatoms. The van der Waals surface area contributed by atoms with E-state index >= 15 is 0 Å². The van der Waals surface area contributed by atoms with Crippen LogP contribution in [0.3, 0.4) is 0 Å². The molecule has 0 unspecified atom stereocenters. The van der Waals surface area contributed by atoms with Crippen LogP contribution in [0, 0.1) is 11.8 Å². The fourth-order valence-electron chi connectivity index (χ4n) is 4.23. The molecule has 0 bridgehead atoms. The molecule has 2 heterocycles. The Morgan fingerprint density at radius 1 is 1.08 bits per heavy atom. The van der Waals surface area contributed by atoms with Crippen molar-refractivity contribution in [2.75, 3.05) is 59.5 Å². The van der Waals surface area contributed by atoms with Crippen molar-refractivity contribution in [2.24, 2.45) is 17.6 Å². The average Bonchev–Trinajstić information content (AvgIpc) is 2.88. The van der Waals surface area contributed by atoms with Gasteiger partial charge in [-0.1, -0.05) is 12.1 Å². The predicted octanol–water partition coefficient (Wildman–Crippen LogP) is 0.463. The van der Waals surface area contributed by atoms with Gasteiger partial charge < -0.3 is 20.6 Å². The number of likely N-dealkylation sites (tertiary alicyclic amines) is 1. The number of likely N-dealkylation sites (N-methyl/N-ethyl adjacent to an activating group) is 1. The molecular weight excluding hydrogens is 328 g/mol. The van der Waals surface area contributed by atoms with Gasteiger partial charge in [-0.25, -0.2) is 0 Å². The molecule has 2 aliphatic heterocycles. The highest BCUT2D eigenvalue weighted by Gasteiger charge is 2.33. The van der Waals surface area contributed by atoms with Crippen molar-refractivity contribution in [1.29, 1.82) is 0 Å². The second-order valence-corrected chi connectivity index (χ2v) is 7.92. The number of carbonyl (C=O) groups is 1. The van der Waals surface area contributed by atoms with Gasteiger partial charge in [-0.15, -0.1) is 0 Å². The maximum Gasteiger partial charge on any atom is 0.248 e. The fourth-order valence-corrected chi connectivity index (χ4v) is 4.23. The highest BCUT2D eigenvalue weighted by atomic mass is 16.3. The Balaban J connectivity index is 1.55. The number of nitrogens with two attached hydrogens (primary N) is 1. The molecule has 2 saturated heterocycles. The zero-order chi connectivity index (χ0) is 18.5. The summed E-state index contributed by atoms with van der Waals surface area (Å²) in [7, 11) is 2.20. The Labute approximate surface area is 156 Å². The lowest BCUT2D eigenvalue weighted by Crippen LogP contribution is -2.36. The van der Waals surface area contributed by atoms with E-state index in [1.54, 1.807) is 12.1 Å². The summed E-state index contributed by atoms with van der Waals surface area (Å²) in [4.78, 5) is 18.6. The van der Waals surface area contributed by atoms with Crippen molar-refractivity contribution >= 4 is 5.91 Å². The second-order valence-electron chi connectivity index (χ2n) is 7.92. The van der Waals surface area contributed by atoms with Crippen LogP contribution in [0.15, 0.2) is 24.3 Å². The van der Waals surface area contributed by atoms with Crippen molar-refractivity contribution in [3.05, 3.63) is 35.4 Å². The van der Waals surface area contributed by atoms with Gasteiger partial charge in [-0.3, -0.25) is 9.69 Å². The molecule has 0 radical (unpaired) electrons. The number of carbonyl (C=O) groups excluding carboxylic acids is 1. The molecule has 0 aromatic heterocycles. The van der Waals surface area contributed by atoms with Crippen LogP contribution in [0.25, 0.3) is 0 Å². The summed E-state index contributed by atoms with van der Waals surface area (Å²) in [5.74, 6) is 0.482. The molecule has 2 atom stereocenters. The topological polar surface area (TPSA) is 73.0 Å². The number of nitrogens with zero attached hydrogens (tertiary/aromatic N) is 3. The normalized spacial score (nSPS) is 26.1. The number of amides is 1. The van der Waals surface area contributed by atoms with Gasteiger partial charge in [0, 0.05) is 51.4 Å². The number of benzene rings is 1. The van der Waals surface area contributed by atoms with Crippen LogP contribution in [0.1, 0.15) is 22.3 Å². The molecule has 2 fully saturated rings. The molecule has 1 aromatic rings. The van der Waals surface area contributed by atoms with Crippen molar-refractivity contribution < 1.29 is 9.90 Å². The molecule has 1 amide bonds. The van der Waals surface area contributed by atoms with E-state index in [2.05, 4.69) is 21.7 Å². The largest absolute Gasteiger partial charge is 0.396 e. The van der Waals surface area contributed by atoms with E-state index in [9.17, 15) is 9.90 Å². The summed E-state index contributed by atoms with van der Waals surface area (Å²) in [5, 5.41) is 9.84. The van der Waals surface area contributed by atoms with Gasteiger partial charge in [0.2, 0.25) is 5.91 Å². The number of aliphatic hydroxyl groups is 1. The Hall–Kier alpha value is -1.47. The van der Waals surface area contributed by atoms with E-state index in [1.807, 2.05) is 12.1 Å². The first-order valence-corrected chi connectivity index (χ1v) is 9.68. The van der Waals surface area contributed by atoms with Gasteiger partial charge in [0.15, 0.2) is 0 Å². The van der Waals surface area contributed by atoms with Crippen molar-refractivity contribution in [2.45, 2.75) is 13.0 Å². The minimum Gasteiger partial charge on any atom is -0.396 e. The summed E-state index contributed by atoms with van der Waals surface area (Å²) >= 11 is 0. The molecule has 0 spiro atoms. The maximum atomic E-state index is 11.2. The SMILES string of the molecule is CN1CCCN(C[C@@H]2CN(Cc3ccc(C(N)=O)cc3)C[C@@H]2CO)CC1. The summed E-state index contributed by atoms with van der Waals surface area (Å²) in [5.41, 5.74) is 7.04. The highest BCUT2D eigenvalue weighted by molar-refractivity contribution is 5.92. The highest BCUT2D eigenvalue weighted by Crippen LogP contribution is 2.26. The molecule has 3 rings (SSSR count). The summed E-state index contributed by atoms with van der Waals surface area (Å²) in [6, 6.07) is 7.54. The van der Waals surface area contributed by atoms with Crippen LogP contribution in [0.5, 0.6) is 0 Å². The molecule has 3 N–H and O–H groups in total. The lowest BCUT2D eigenvalue weighted by Gasteiger charge is -2.26. The van der Waals surface area contributed by atoms with Crippen LogP contribution in [0.2, 0.25) is 0 Å². The van der Waals surface area contributed by atoms with Crippen molar-refractivity contribution in [3.63, 3.8) is 0 Å². The molecule has 144 valence electrons. The van der Waals surface area contributed by atoms with Gasteiger partial charge in [0.05, 0.1) is 0 Å². The zero-order valence-electron chi connectivity index (χ0n) is 15.8. The molecule has 2 aliphatic rings. The van der Waals surface area contributed by atoms with E-state index in [-0.39, 0.29) is 12.5 Å². The number of hydrogen-bond acceptors (Lipinski definition) is 5. The quantitative estimate of drug-likeness (QED) is 0.771. The Kier molecular flexibility index (Phi) is 6.64. The Morgan fingerprint density at radius 3 is 2.50 bits per heavy atom. The van der Waals surface area contributed by atoms with E-state index in [1.165, 1.54) is 18.5 Å². The van der Waals surface area contributed by atoms with E-state index < -0.39 is 0 Å². The van der Waals surface area contributed by atoms with Crippen LogP contribution in [-0.4, -0.2) is 85.2 Å². The number of rotatable bonds is 6. The lowest BCUT2D eigenvalue weighted by molar-refractivity contribution is 0.1000. The second kappa shape index (κ2) is 8.95. The third-order valence-corrected chi connectivity index (χ3v) is 5.84. The van der Waals surface area contributed by atoms with Gasteiger partial charge in [0.1, 0.15) is 0 Å². The third kappa shape index (κ3) is 5.04. The van der Waals surface area contributed by atoms with Gasteiger partial charge in [0.25, 0.3) is 0 Å². The van der Waals surface area contributed by atoms with Gasteiger partial charge in [-0.05, 0) is 56.1 Å². The zero-order valence-corrected chi connectivity index (χ0v) is 15.8. The first-order valence-electron chi connectivity index (χ1n) is 9.68. The monoisotopic (exact) mass is 360 g/mol. The van der Waals surface area contributed by atoms with E-state index in [4.69, 9.17) is 5.73 Å². The molecule has 6 nitrogen and oxygen atoms in total. The number of hydrogen-bond donors (Lipinski definition) is 2. The van der Waals surface area contributed by atoms with Crippen LogP contribution in [0.4, 0.5) is 0 Å². The Morgan fingerprint density at radius 2 is 1.81 bits per heavy atom. The Bertz CT molecular complexity index is 592. The average molecular weight is 361 g/mol. The molecule has 26 heavy (non-hydrogen) atoms. The van der Waals surface area contributed by atoms with Crippen molar-refractivity contribution in [3.8, 4) is 0 Å². The summed E-state index contributed by atoms with van der Waals surface area (Å²) in [6.45, 7) is 8.75. The lowest BCUT2D eigenvalue weighted by atomic mass is 9.96. The first kappa shape index (κ1) is 19.3. The van der Waals surface area contributed by atoms with E-state index in [0.717, 1.165) is 45.8 Å². The molecule has 1 aromatic carbocycles. The number of primary amides is 1. The predicted molar refractivity (Wildman–Crippen MR) is 103 cm³/mol.